The highest BCUT2D eigenvalue weighted by atomic mass is 19.1. The maximum atomic E-state index is 13.9. The summed E-state index contributed by atoms with van der Waals surface area (Å²) >= 11 is 0. The second-order valence-corrected chi connectivity index (χ2v) is 6.85. The normalized spacial score (nSPS) is 27.8. The zero-order valence-corrected chi connectivity index (χ0v) is 14.6. The molecule has 2 aliphatic heterocycles. The van der Waals surface area contributed by atoms with E-state index in [1.165, 1.54) is 22.8 Å². The average Bonchev–Trinajstić information content (AvgIpc) is 2.98. The van der Waals surface area contributed by atoms with Gasteiger partial charge in [0.15, 0.2) is 0 Å². The molecule has 3 nitrogen and oxygen atoms in total. The van der Waals surface area contributed by atoms with E-state index < -0.39 is 0 Å². The van der Waals surface area contributed by atoms with E-state index in [2.05, 4.69) is 32.0 Å². The standard InChI is InChI=1S/C21H23FO3/c1-3-18-20(23-11-14-6-4-5-7-17(14)22)21-19(25-18)16-9-8-13(2)10-15(16)12-24-21/h4-10,18-21H,3,11-12H2,1-2H3/t18-,19-,20+,21+/m1/s1. The molecular weight excluding hydrogens is 319 g/mol. The van der Waals surface area contributed by atoms with Crippen molar-refractivity contribution in [2.75, 3.05) is 0 Å². The number of benzene rings is 2. The lowest BCUT2D eigenvalue weighted by Crippen LogP contribution is -2.37. The Hall–Kier alpha value is -1.75. The fourth-order valence-corrected chi connectivity index (χ4v) is 3.81. The minimum absolute atomic E-state index is 0.0472. The van der Waals surface area contributed by atoms with E-state index in [0.717, 1.165) is 6.42 Å². The largest absolute Gasteiger partial charge is 0.368 e. The van der Waals surface area contributed by atoms with Gasteiger partial charge in [-0.3, -0.25) is 0 Å². The van der Waals surface area contributed by atoms with Crippen LogP contribution in [0.4, 0.5) is 4.39 Å². The van der Waals surface area contributed by atoms with Crippen molar-refractivity contribution in [2.24, 2.45) is 0 Å². The fourth-order valence-electron chi connectivity index (χ4n) is 3.81. The van der Waals surface area contributed by atoms with Gasteiger partial charge in [-0.25, -0.2) is 4.39 Å². The molecule has 0 spiro atoms. The molecule has 132 valence electrons. The molecule has 0 unspecified atom stereocenters. The van der Waals surface area contributed by atoms with E-state index in [0.29, 0.717) is 12.2 Å². The van der Waals surface area contributed by atoms with Crippen LogP contribution in [-0.4, -0.2) is 18.3 Å². The first-order chi connectivity index (χ1) is 12.2. The number of halogens is 1. The molecule has 0 bridgehead atoms. The summed E-state index contributed by atoms with van der Waals surface area (Å²) in [5.74, 6) is -0.239. The smallest absolute Gasteiger partial charge is 0.128 e. The van der Waals surface area contributed by atoms with Crippen molar-refractivity contribution in [1.29, 1.82) is 0 Å². The van der Waals surface area contributed by atoms with Gasteiger partial charge in [0.2, 0.25) is 0 Å². The van der Waals surface area contributed by atoms with E-state index in [1.807, 2.05) is 6.07 Å². The number of fused-ring (bicyclic) bond motifs is 3. The topological polar surface area (TPSA) is 27.7 Å². The maximum Gasteiger partial charge on any atom is 0.128 e. The molecule has 4 rings (SSSR count). The molecule has 2 aromatic carbocycles. The van der Waals surface area contributed by atoms with Crippen LogP contribution in [0.25, 0.3) is 0 Å². The van der Waals surface area contributed by atoms with Gasteiger partial charge in [-0.2, -0.15) is 0 Å². The van der Waals surface area contributed by atoms with Crippen LogP contribution in [0.1, 0.15) is 41.7 Å². The van der Waals surface area contributed by atoms with E-state index in [-0.39, 0.29) is 36.8 Å². The molecule has 2 heterocycles. The van der Waals surface area contributed by atoms with Gasteiger partial charge in [-0.1, -0.05) is 48.9 Å². The van der Waals surface area contributed by atoms with E-state index in [1.54, 1.807) is 12.1 Å². The summed E-state index contributed by atoms with van der Waals surface area (Å²) in [6.45, 7) is 4.95. The summed E-state index contributed by atoms with van der Waals surface area (Å²) < 4.78 is 32.3. The number of hydrogen-bond acceptors (Lipinski definition) is 3. The van der Waals surface area contributed by atoms with Crippen LogP contribution in [-0.2, 0) is 27.4 Å². The van der Waals surface area contributed by atoms with Crippen molar-refractivity contribution in [2.45, 2.75) is 57.9 Å². The van der Waals surface area contributed by atoms with Crippen molar-refractivity contribution in [3.05, 3.63) is 70.5 Å². The van der Waals surface area contributed by atoms with Gasteiger partial charge in [0.1, 0.15) is 24.1 Å². The summed E-state index contributed by atoms with van der Waals surface area (Å²) in [4.78, 5) is 0. The van der Waals surface area contributed by atoms with Crippen LogP contribution in [0.15, 0.2) is 42.5 Å². The highest BCUT2D eigenvalue weighted by molar-refractivity contribution is 5.36. The summed E-state index contributed by atoms with van der Waals surface area (Å²) in [6, 6.07) is 13.1. The molecule has 0 saturated carbocycles. The Morgan fingerprint density at radius 2 is 2.04 bits per heavy atom. The minimum Gasteiger partial charge on any atom is -0.368 e. The highest BCUT2D eigenvalue weighted by Gasteiger charge is 2.48. The first-order valence-corrected chi connectivity index (χ1v) is 8.89. The summed E-state index contributed by atoms with van der Waals surface area (Å²) in [6.07, 6.45) is 0.337. The van der Waals surface area contributed by atoms with Crippen LogP contribution in [0.2, 0.25) is 0 Å². The Bertz CT molecular complexity index is 761. The van der Waals surface area contributed by atoms with Crippen LogP contribution in [0.5, 0.6) is 0 Å². The zero-order chi connectivity index (χ0) is 17.4. The lowest BCUT2D eigenvalue weighted by Gasteiger charge is -2.30. The van der Waals surface area contributed by atoms with E-state index in [9.17, 15) is 4.39 Å². The molecule has 4 heteroatoms. The summed E-state index contributed by atoms with van der Waals surface area (Å²) in [5.41, 5.74) is 4.16. The summed E-state index contributed by atoms with van der Waals surface area (Å²) in [7, 11) is 0. The molecule has 0 amide bonds. The Labute approximate surface area is 147 Å². The molecule has 0 aromatic heterocycles. The number of hydrogen-bond donors (Lipinski definition) is 0. The Kier molecular flexibility index (Phi) is 4.59. The van der Waals surface area contributed by atoms with Crippen molar-refractivity contribution < 1.29 is 18.6 Å². The molecule has 0 N–H and O–H groups in total. The van der Waals surface area contributed by atoms with Crippen molar-refractivity contribution in [3.63, 3.8) is 0 Å². The number of rotatable bonds is 4. The quantitative estimate of drug-likeness (QED) is 0.820. The van der Waals surface area contributed by atoms with Crippen molar-refractivity contribution in [1.82, 2.24) is 0 Å². The van der Waals surface area contributed by atoms with Gasteiger partial charge in [0, 0.05) is 5.56 Å². The fraction of sp³-hybridized carbons (Fsp3) is 0.429. The monoisotopic (exact) mass is 342 g/mol. The zero-order valence-electron chi connectivity index (χ0n) is 14.6. The molecule has 0 aliphatic carbocycles. The molecule has 1 saturated heterocycles. The van der Waals surface area contributed by atoms with Crippen LogP contribution >= 0.6 is 0 Å². The molecule has 1 fully saturated rings. The first kappa shape index (κ1) is 16.7. The second kappa shape index (κ2) is 6.87. The van der Waals surface area contributed by atoms with Gasteiger partial charge in [-0.05, 0) is 30.5 Å². The highest BCUT2D eigenvalue weighted by Crippen LogP contribution is 2.43. The predicted octanol–water partition coefficient (Wildman–Crippen LogP) is 4.47. The van der Waals surface area contributed by atoms with Crippen molar-refractivity contribution >= 4 is 0 Å². The second-order valence-electron chi connectivity index (χ2n) is 6.85. The van der Waals surface area contributed by atoms with Crippen LogP contribution < -0.4 is 0 Å². The Morgan fingerprint density at radius 1 is 1.20 bits per heavy atom. The first-order valence-electron chi connectivity index (χ1n) is 8.89. The lowest BCUT2D eigenvalue weighted by atomic mass is 9.93. The molecular formula is C21H23FO3. The average molecular weight is 342 g/mol. The van der Waals surface area contributed by atoms with Gasteiger partial charge >= 0.3 is 0 Å². The minimum atomic E-state index is -0.239. The van der Waals surface area contributed by atoms with Gasteiger partial charge in [0.05, 0.1) is 19.3 Å². The number of ether oxygens (including phenoxy) is 3. The third-order valence-electron chi connectivity index (χ3n) is 5.14. The van der Waals surface area contributed by atoms with Crippen LogP contribution in [0, 0.1) is 12.7 Å². The third-order valence-corrected chi connectivity index (χ3v) is 5.14. The van der Waals surface area contributed by atoms with Crippen molar-refractivity contribution in [3.8, 4) is 0 Å². The Balaban J connectivity index is 1.55. The lowest BCUT2D eigenvalue weighted by molar-refractivity contribution is -0.0865. The maximum absolute atomic E-state index is 13.9. The van der Waals surface area contributed by atoms with Gasteiger partial charge < -0.3 is 14.2 Å². The molecule has 2 aliphatic rings. The third kappa shape index (κ3) is 3.10. The molecule has 0 radical (unpaired) electrons. The van der Waals surface area contributed by atoms with Gasteiger partial charge in [0.25, 0.3) is 0 Å². The Morgan fingerprint density at radius 3 is 2.84 bits per heavy atom. The molecule has 25 heavy (non-hydrogen) atoms. The van der Waals surface area contributed by atoms with Gasteiger partial charge in [-0.15, -0.1) is 0 Å². The number of aryl methyl sites for hydroxylation is 1. The van der Waals surface area contributed by atoms with E-state index in [4.69, 9.17) is 14.2 Å². The molecule has 4 atom stereocenters. The molecule has 2 aromatic rings. The van der Waals surface area contributed by atoms with Crippen LogP contribution in [0.3, 0.4) is 0 Å². The predicted molar refractivity (Wildman–Crippen MR) is 92.6 cm³/mol. The SMILES string of the molecule is CC[C@H]1O[C@@H]2c3ccc(C)cc3CO[C@@H]2[C@H]1OCc1ccccc1F. The van der Waals surface area contributed by atoms with E-state index >= 15 is 0 Å². The summed E-state index contributed by atoms with van der Waals surface area (Å²) in [5, 5.41) is 0.